The summed E-state index contributed by atoms with van der Waals surface area (Å²) in [6.45, 7) is 1.92. The second-order valence-electron chi connectivity index (χ2n) is 5.43. The van der Waals surface area contributed by atoms with Crippen molar-refractivity contribution >= 4 is 34.8 Å². The van der Waals surface area contributed by atoms with Crippen LogP contribution in [0.4, 0.5) is 5.69 Å². The topological polar surface area (TPSA) is 106 Å². The van der Waals surface area contributed by atoms with Crippen molar-refractivity contribution in [2.45, 2.75) is 19.9 Å². The molecule has 1 heterocycles. The van der Waals surface area contributed by atoms with Gasteiger partial charge in [-0.05, 0) is 31.2 Å². The minimum Gasteiger partial charge on any atom is -0.468 e. The highest BCUT2D eigenvalue weighted by Crippen LogP contribution is 2.10. The molecular weight excluding hydrogens is 358 g/mol. The van der Waals surface area contributed by atoms with Crippen LogP contribution in [0.3, 0.4) is 0 Å². The van der Waals surface area contributed by atoms with Gasteiger partial charge in [0.15, 0.2) is 0 Å². The van der Waals surface area contributed by atoms with Gasteiger partial charge in [-0.1, -0.05) is 11.3 Å². The average Bonchev–Trinajstić information content (AvgIpc) is 2.96. The molecule has 0 bridgehead atoms. The zero-order chi connectivity index (χ0) is 19.1. The minimum absolute atomic E-state index is 0.0855. The number of aryl methyl sites for hydroxylation is 1. The number of carbonyl (C=O) groups excluding carboxylic acids is 3. The molecule has 0 radical (unpaired) electrons. The van der Waals surface area contributed by atoms with Gasteiger partial charge < -0.3 is 19.9 Å². The number of thiazole rings is 1. The van der Waals surface area contributed by atoms with Crippen molar-refractivity contribution in [3.63, 3.8) is 0 Å². The molecule has 0 aliphatic rings. The fourth-order valence-electron chi connectivity index (χ4n) is 2.14. The molecule has 0 spiro atoms. The van der Waals surface area contributed by atoms with Crippen LogP contribution >= 0.6 is 11.3 Å². The van der Waals surface area contributed by atoms with Crippen molar-refractivity contribution < 1.29 is 19.1 Å². The smallest absolute Gasteiger partial charge is 0.325 e. The standard InChI is InChI=1S/C17H19N3O5S/c1-11-10-26-17(24)20(11)8-7-14(21)19-13-5-3-12(4-6-13)16(23)18-9-15(22)25-2/h3-6,10H,7-9H2,1-2H3,(H,18,23)(H,19,21). The lowest BCUT2D eigenvalue weighted by molar-refractivity contribution is -0.139. The molecule has 0 aliphatic carbocycles. The molecule has 26 heavy (non-hydrogen) atoms. The average molecular weight is 377 g/mol. The van der Waals surface area contributed by atoms with Crippen LogP contribution in [0.1, 0.15) is 22.5 Å². The summed E-state index contributed by atoms with van der Waals surface area (Å²) >= 11 is 1.11. The normalized spacial score (nSPS) is 10.2. The third-order valence-corrected chi connectivity index (χ3v) is 4.47. The predicted molar refractivity (Wildman–Crippen MR) is 97.4 cm³/mol. The molecule has 0 saturated heterocycles. The second-order valence-corrected chi connectivity index (χ2v) is 6.25. The van der Waals surface area contributed by atoms with Crippen molar-refractivity contribution in [2.75, 3.05) is 19.0 Å². The Balaban J connectivity index is 1.86. The van der Waals surface area contributed by atoms with E-state index in [9.17, 15) is 19.2 Å². The van der Waals surface area contributed by atoms with E-state index >= 15 is 0 Å². The zero-order valence-corrected chi connectivity index (χ0v) is 15.2. The highest BCUT2D eigenvalue weighted by molar-refractivity contribution is 7.07. The van der Waals surface area contributed by atoms with Crippen molar-refractivity contribution in [3.05, 3.63) is 50.6 Å². The van der Waals surface area contributed by atoms with E-state index in [2.05, 4.69) is 15.4 Å². The van der Waals surface area contributed by atoms with Crippen LogP contribution in [-0.2, 0) is 20.9 Å². The van der Waals surface area contributed by atoms with Gasteiger partial charge in [0.1, 0.15) is 6.54 Å². The molecule has 8 nitrogen and oxygen atoms in total. The van der Waals surface area contributed by atoms with Crippen LogP contribution < -0.4 is 15.5 Å². The van der Waals surface area contributed by atoms with Gasteiger partial charge >= 0.3 is 10.8 Å². The Hall–Kier alpha value is -2.94. The minimum atomic E-state index is -0.540. The molecule has 0 saturated carbocycles. The SMILES string of the molecule is COC(=O)CNC(=O)c1ccc(NC(=O)CCn2c(C)csc2=O)cc1. The highest BCUT2D eigenvalue weighted by Gasteiger charge is 2.10. The van der Waals surface area contributed by atoms with Gasteiger partial charge in [-0.15, -0.1) is 0 Å². The Morgan fingerprint density at radius 2 is 1.88 bits per heavy atom. The second kappa shape index (κ2) is 8.95. The van der Waals surface area contributed by atoms with Gasteiger partial charge in [-0.25, -0.2) is 0 Å². The first kappa shape index (κ1) is 19.4. The number of anilines is 1. The molecule has 1 aromatic carbocycles. The maximum absolute atomic E-state index is 12.0. The molecule has 0 aliphatic heterocycles. The number of amides is 2. The lowest BCUT2D eigenvalue weighted by atomic mass is 10.2. The lowest BCUT2D eigenvalue weighted by Crippen LogP contribution is -2.30. The fourth-order valence-corrected chi connectivity index (χ4v) is 2.90. The summed E-state index contributed by atoms with van der Waals surface area (Å²) in [7, 11) is 1.24. The number of methoxy groups -OCH3 is 1. The molecule has 138 valence electrons. The van der Waals surface area contributed by atoms with E-state index in [-0.39, 0.29) is 23.7 Å². The Kier molecular flexibility index (Phi) is 6.67. The number of nitrogens with one attached hydrogen (secondary N) is 2. The largest absolute Gasteiger partial charge is 0.468 e. The third kappa shape index (κ3) is 5.28. The van der Waals surface area contributed by atoms with Crippen LogP contribution in [0.25, 0.3) is 0 Å². The molecule has 0 fully saturated rings. The summed E-state index contributed by atoms with van der Waals surface area (Å²) in [5.74, 6) is -1.19. The van der Waals surface area contributed by atoms with Crippen LogP contribution in [0.5, 0.6) is 0 Å². The Morgan fingerprint density at radius 3 is 2.46 bits per heavy atom. The van der Waals surface area contributed by atoms with E-state index in [0.717, 1.165) is 17.0 Å². The van der Waals surface area contributed by atoms with Gasteiger partial charge in [-0.3, -0.25) is 19.2 Å². The molecular formula is C17H19N3O5S. The monoisotopic (exact) mass is 377 g/mol. The van der Waals surface area contributed by atoms with Gasteiger partial charge in [0.05, 0.1) is 7.11 Å². The summed E-state index contributed by atoms with van der Waals surface area (Å²) in [5.41, 5.74) is 1.72. The fraction of sp³-hybridized carbons (Fsp3) is 0.294. The van der Waals surface area contributed by atoms with Crippen molar-refractivity contribution in [2.24, 2.45) is 0 Å². The molecule has 2 amide bonds. The molecule has 0 unspecified atom stereocenters. The maximum Gasteiger partial charge on any atom is 0.325 e. The Labute approximate surface area is 153 Å². The number of hydrogen-bond acceptors (Lipinski definition) is 6. The first-order valence-corrected chi connectivity index (χ1v) is 8.68. The molecule has 0 atom stereocenters. The number of ether oxygens (including phenoxy) is 1. The van der Waals surface area contributed by atoms with E-state index in [1.54, 1.807) is 22.1 Å². The number of hydrogen-bond donors (Lipinski definition) is 2. The van der Waals surface area contributed by atoms with E-state index in [1.165, 1.54) is 19.2 Å². The van der Waals surface area contributed by atoms with Gasteiger partial charge in [0, 0.05) is 35.3 Å². The van der Waals surface area contributed by atoms with Crippen LogP contribution in [-0.4, -0.2) is 36.0 Å². The van der Waals surface area contributed by atoms with Crippen LogP contribution in [0.2, 0.25) is 0 Å². The summed E-state index contributed by atoms with van der Waals surface area (Å²) in [5, 5.41) is 6.89. The van der Waals surface area contributed by atoms with E-state index < -0.39 is 11.9 Å². The zero-order valence-electron chi connectivity index (χ0n) is 14.4. The predicted octanol–water partition coefficient (Wildman–Crippen LogP) is 1.15. The van der Waals surface area contributed by atoms with Crippen LogP contribution in [0, 0.1) is 6.92 Å². The Bertz CT molecular complexity index is 854. The van der Waals surface area contributed by atoms with Gasteiger partial charge in [-0.2, -0.15) is 0 Å². The number of nitrogens with zero attached hydrogens (tertiary/aromatic N) is 1. The summed E-state index contributed by atoms with van der Waals surface area (Å²) in [6, 6.07) is 6.26. The van der Waals surface area contributed by atoms with E-state index in [4.69, 9.17) is 0 Å². The van der Waals surface area contributed by atoms with Gasteiger partial charge in [0.2, 0.25) is 5.91 Å². The first-order valence-electron chi connectivity index (χ1n) is 7.80. The van der Waals surface area contributed by atoms with E-state index in [0.29, 0.717) is 17.8 Å². The number of carbonyl (C=O) groups is 3. The number of aromatic nitrogens is 1. The number of esters is 1. The van der Waals surface area contributed by atoms with Crippen molar-refractivity contribution in [1.82, 2.24) is 9.88 Å². The highest BCUT2D eigenvalue weighted by atomic mass is 32.1. The number of benzene rings is 1. The lowest BCUT2D eigenvalue weighted by Gasteiger charge is -2.08. The van der Waals surface area contributed by atoms with Crippen molar-refractivity contribution in [3.8, 4) is 0 Å². The Morgan fingerprint density at radius 1 is 1.19 bits per heavy atom. The molecule has 2 rings (SSSR count). The maximum atomic E-state index is 12.0. The first-order chi connectivity index (χ1) is 12.4. The van der Waals surface area contributed by atoms with Gasteiger partial charge in [0.25, 0.3) is 5.91 Å². The number of rotatable bonds is 7. The molecule has 9 heteroatoms. The summed E-state index contributed by atoms with van der Waals surface area (Å²) < 4.78 is 6.00. The summed E-state index contributed by atoms with van der Waals surface area (Å²) in [6.07, 6.45) is 0.166. The molecule has 2 aromatic rings. The van der Waals surface area contributed by atoms with E-state index in [1.807, 2.05) is 6.92 Å². The van der Waals surface area contributed by atoms with Crippen molar-refractivity contribution in [1.29, 1.82) is 0 Å². The quantitative estimate of drug-likeness (QED) is 0.704. The third-order valence-electron chi connectivity index (χ3n) is 3.59. The molecule has 1 aromatic heterocycles. The molecule has 2 N–H and O–H groups in total. The van der Waals surface area contributed by atoms with Crippen LogP contribution in [0.15, 0.2) is 34.4 Å². The summed E-state index contributed by atoms with van der Waals surface area (Å²) in [4.78, 5) is 46.4.